The number of aromatic amines is 1. The molecule has 0 atom stereocenters. The number of benzene rings is 1. The molecule has 0 unspecified atom stereocenters. The fraction of sp³-hybridized carbons (Fsp3) is 0.188. The molecule has 8 nitrogen and oxygen atoms in total. The summed E-state index contributed by atoms with van der Waals surface area (Å²) in [6, 6.07) is 5.58. The van der Waals surface area contributed by atoms with E-state index in [1.165, 1.54) is 29.1 Å². The van der Waals surface area contributed by atoms with Gasteiger partial charge in [0.1, 0.15) is 0 Å². The van der Waals surface area contributed by atoms with Gasteiger partial charge in [-0.3, -0.25) is 24.3 Å². The van der Waals surface area contributed by atoms with Gasteiger partial charge in [-0.05, 0) is 26.0 Å². The summed E-state index contributed by atoms with van der Waals surface area (Å²) < 4.78 is 1.21. The number of rotatable bonds is 4. The molecule has 0 radical (unpaired) electrons. The quantitative estimate of drug-likeness (QED) is 0.448. The van der Waals surface area contributed by atoms with Crippen LogP contribution in [0.15, 0.2) is 35.4 Å². The first kappa shape index (κ1) is 15.6. The zero-order valence-electron chi connectivity index (χ0n) is 13.1. The second-order valence-electron chi connectivity index (χ2n) is 5.55. The van der Waals surface area contributed by atoms with Crippen molar-refractivity contribution >= 4 is 22.4 Å². The molecule has 0 saturated carbocycles. The van der Waals surface area contributed by atoms with E-state index in [0.29, 0.717) is 5.56 Å². The Morgan fingerprint density at radius 1 is 1.33 bits per heavy atom. The normalized spacial score (nSPS) is 10.9. The van der Waals surface area contributed by atoms with E-state index in [9.17, 15) is 19.7 Å². The molecule has 0 fully saturated rings. The fourth-order valence-corrected chi connectivity index (χ4v) is 2.63. The number of nitrogens with one attached hydrogen (secondary N) is 1. The number of nitro groups is 1. The van der Waals surface area contributed by atoms with Gasteiger partial charge in [-0.2, -0.15) is 0 Å². The summed E-state index contributed by atoms with van der Waals surface area (Å²) in [6.45, 7) is 3.50. The predicted octanol–water partition coefficient (Wildman–Crippen LogP) is 2.13. The van der Waals surface area contributed by atoms with Crippen LogP contribution in [0, 0.1) is 24.0 Å². The van der Waals surface area contributed by atoms with Crippen molar-refractivity contribution in [3.63, 3.8) is 0 Å². The summed E-state index contributed by atoms with van der Waals surface area (Å²) >= 11 is 0. The van der Waals surface area contributed by atoms with E-state index < -0.39 is 10.5 Å². The highest BCUT2D eigenvalue weighted by Gasteiger charge is 2.15. The summed E-state index contributed by atoms with van der Waals surface area (Å²) in [6.07, 6.45) is 1.24. The average Bonchev–Trinajstić information content (AvgIpc) is 2.88. The largest absolute Gasteiger partial charge is 0.362 e. The van der Waals surface area contributed by atoms with Crippen LogP contribution in [0.3, 0.4) is 0 Å². The Morgan fingerprint density at radius 2 is 2.08 bits per heavy atom. The van der Waals surface area contributed by atoms with Crippen molar-refractivity contribution in [1.82, 2.24) is 14.5 Å². The van der Waals surface area contributed by atoms with Crippen molar-refractivity contribution in [3.05, 3.63) is 68.0 Å². The second-order valence-corrected chi connectivity index (χ2v) is 5.55. The number of Topliss-reactive ketones (excluding diaryl/α,β-unsaturated/α-hetero) is 1. The minimum Gasteiger partial charge on any atom is -0.362 e. The van der Waals surface area contributed by atoms with Crippen molar-refractivity contribution in [1.29, 1.82) is 0 Å². The Hall–Kier alpha value is -3.29. The topological polar surface area (TPSA) is 111 Å². The summed E-state index contributed by atoms with van der Waals surface area (Å²) in [7, 11) is 0. The van der Waals surface area contributed by atoms with Crippen LogP contribution in [0.1, 0.15) is 21.7 Å². The zero-order valence-corrected chi connectivity index (χ0v) is 13.1. The van der Waals surface area contributed by atoms with E-state index in [1.54, 1.807) is 13.0 Å². The lowest BCUT2D eigenvalue weighted by Crippen LogP contribution is -2.24. The van der Waals surface area contributed by atoms with Gasteiger partial charge in [0.2, 0.25) is 0 Å². The van der Waals surface area contributed by atoms with Crippen LogP contribution >= 0.6 is 0 Å². The van der Waals surface area contributed by atoms with Gasteiger partial charge >= 0.3 is 0 Å². The lowest BCUT2D eigenvalue weighted by molar-refractivity contribution is -0.384. The minimum absolute atomic E-state index is 0.137. The summed E-state index contributed by atoms with van der Waals surface area (Å²) in [5.74, 6) is -0.206. The van der Waals surface area contributed by atoms with Crippen LogP contribution in [-0.4, -0.2) is 25.2 Å². The molecule has 122 valence electrons. The van der Waals surface area contributed by atoms with Crippen LogP contribution in [0.2, 0.25) is 0 Å². The number of aromatic nitrogens is 3. The molecule has 3 aromatic rings. The third-order valence-corrected chi connectivity index (χ3v) is 3.78. The highest BCUT2D eigenvalue weighted by molar-refractivity contribution is 5.97. The molecule has 0 spiro atoms. The molecular weight excluding hydrogens is 312 g/mol. The van der Waals surface area contributed by atoms with Crippen LogP contribution in [0.5, 0.6) is 0 Å². The molecule has 0 aliphatic rings. The fourth-order valence-electron chi connectivity index (χ4n) is 2.63. The predicted molar refractivity (Wildman–Crippen MR) is 87.3 cm³/mol. The van der Waals surface area contributed by atoms with E-state index in [2.05, 4.69) is 9.97 Å². The molecule has 0 aliphatic carbocycles. The van der Waals surface area contributed by atoms with E-state index in [-0.39, 0.29) is 28.9 Å². The second kappa shape index (κ2) is 5.73. The van der Waals surface area contributed by atoms with Gasteiger partial charge < -0.3 is 4.98 Å². The van der Waals surface area contributed by atoms with Gasteiger partial charge in [0.25, 0.3) is 11.2 Å². The SMILES string of the molecule is Cc1cc(C(=O)Cn2cnc3cc([N+](=O)[O-])ccc3c2=O)c(C)[nH]1. The van der Waals surface area contributed by atoms with Gasteiger partial charge in [-0.25, -0.2) is 4.98 Å². The Labute approximate surface area is 135 Å². The number of aryl methyl sites for hydroxylation is 2. The van der Waals surface area contributed by atoms with E-state index in [4.69, 9.17) is 0 Å². The van der Waals surface area contributed by atoms with Crippen molar-refractivity contribution in [3.8, 4) is 0 Å². The highest BCUT2D eigenvalue weighted by atomic mass is 16.6. The van der Waals surface area contributed by atoms with Crippen molar-refractivity contribution in [2.75, 3.05) is 0 Å². The molecule has 1 N–H and O–H groups in total. The van der Waals surface area contributed by atoms with Crippen LogP contribution in [0.4, 0.5) is 5.69 Å². The van der Waals surface area contributed by atoms with Crippen LogP contribution < -0.4 is 5.56 Å². The molecule has 0 bridgehead atoms. The average molecular weight is 326 g/mol. The molecular formula is C16H14N4O4. The van der Waals surface area contributed by atoms with Crippen molar-refractivity contribution < 1.29 is 9.72 Å². The minimum atomic E-state index is -0.548. The number of non-ortho nitro benzene ring substituents is 1. The molecule has 1 aromatic carbocycles. The Kier molecular flexibility index (Phi) is 3.72. The molecule has 0 amide bonds. The smallest absolute Gasteiger partial charge is 0.271 e. The monoisotopic (exact) mass is 326 g/mol. The zero-order chi connectivity index (χ0) is 17.4. The number of H-pyrrole nitrogens is 1. The number of fused-ring (bicyclic) bond motifs is 1. The molecule has 2 aromatic heterocycles. The van der Waals surface area contributed by atoms with Gasteiger partial charge in [0.05, 0.1) is 28.7 Å². The number of hydrogen-bond acceptors (Lipinski definition) is 5. The van der Waals surface area contributed by atoms with Gasteiger partial charge in [0.15, 0.2) is 5.78 Å². The van der Waals surface area contributed by atoms with E-state index in [0.717, 1.165) is 11.4 Å². The highest BCUT2D eigenvalue weighted by Crippen LogP contribution is 2.16. The standard InChI is InChI=1S/C16H14N4O4/c1-9-5-13(10(2)18-9)15(21)7-19-8-17-14-6-11(20(23)24)3-4-12(14)16(19)22/h3-6,8,18H,7H2,1-2H3. The molecule has 0 saturated heterocycles. The number of hydrogen-bond donors (Lipinski definition) is 1. The third kappa shape index (κ3) is 2.69. The lowest BCUT2D eigenvalue weighted by Gasteiger charge is -2.06. The molecule has 3 rings (SSSR count). The van der Waals surface area contributed by atoms with E-state index >= 15 is 0 Å². The van der Waals surface area contributed by atoms with Gasteiger partial charge in [-0.1, -0.05) is 0 Å². The Morgan fingerprint density at radius 3 is 2.71 bits per heavy atom. The van der Waals surface area contributed by atoms with Crippen molar-refractivity contribution in [2.24, 2.45) is 0 Å². The Bertz CT molecular complexity index is 1030. The number of nitrogens with zero attached hydrogens (tertiary/aromatic N) is 3. The number of carbonyl (C=O) groups is 1. The number of nitro benzene ring substituents is 1. The summed E-state index contributed by atoms with van der Waals surface area (Å²) in [5.41, 5.74) is 1.83. The Balaban J connectivity index is 1.99. The molecule has 24 heavy (non-hydrogen) atoms. The van der Waals surface area contributed by atoms with Crippen LogP contribution in [0.25, 0.3) is 10.9 Å². The van der Waals surface area contributed by atoms with E-state index in [1.807, 2.05) is 6.92 Å². The first-order chi connectivity index (χ1) is 11.4. The first-order valence-corrected chi connectivity index (χ1v) is 7.20. The maximum absolute atomic E-state index is 12.5. The third-order valence-electron chi connectivity index (χ3n) is 3.78. The number of carbonyl (C=O) groups excluding carboxylic acids is 1. The van der Waals surface area contributed by atoms with Crippen LogP contribution in [-0.2, 0) is 6.54 Å². The first-order valence-electron chi connectivity index (χ1n) is 7.20. The van der Waals surface area contributed by atoms with Crippen molar-refractivity contribution in [2.45, 2.75) is 20.4 Å². The van der Waals surface area contributed by atoms with Gasteiger partial charge in [-0.15, -0.1) is 0 Å². The maximum atomic E-state index is 12.5. The summed E-state index contributed by atoms with van der Waals surface area (Å²) in [5, 5.41) is 11.0. The summed E-state index contributed by atoms with van der Waals surface area (Å²) in [4.78, 5) is 42.2. The maximum Gasteiger partial charge on any atom is 0.271 e. The molecule has 2 heterocycles. The lowest BCUT2D eigenvalue weighted by atomic mass is 10.1. The van der Waals surface area contributed by atoms with Gasteiger partial charge in [0, 0.05) is 29.1 Å². The molecule has 8 heteroatoms. The number of ketones is 1. The molecule has 0 aliphatic heterocycles.